The van der Waals surface area contributed by atoms with Gasteiger partial charge in [-0.2, -0.15) is 11.3 Å². The molecular weight excluding hydrogens is 176 g/mol. The van der Waals surface area contributed by atoms with Crippen LogP contribution >= 0.6 is 11.3 Å². The molecule has 1 unspecified atom stereocenters. The highest BCUT2D eigenvalue weighted by Crippen LogP contribution is 2.23. The van der Waals surface area contributed by atoms with Crippen LogP contribution in [0.3, 0.4) is 0 Å². The van der Waals surface area contributed by atoms with E-state index in [9.17, 15) is 9.90 Å². The Morgan fingerprint density at radius 3 is 2.75 bits per heavy atom. The maximum atomic E-state index is 10.5. The van der Waals surface area contributed by atoms with Crippen molar-refractivity contribution in [2.75, 3.05) is 0 Å². The summed E-state index contributed by atoms with van der Waals surface area (Å²) in [6.07, 6.45) is -0.895. The van der Waals surface area contributed by atoms with Crippen LogP contribution in [-0.2, 0) is 4.79 Å². The Morgan fingerprint density at radius 1 is 1.67 bits per heavy atom. The quantitative estimate of drug-likeness (QED) is 0.752. The normalized spacial score (nSPS) is 15.5. The molecule has 1 aromatic rings. The molecule has 0 amide bonds. The second-order valence-corrected chi connectivity index (χ2v) is 3.41. The van der Waals surface area contributed by atoms with Crippen LogP contribution in [0.2, 0.25) is 0 Å². The fraction of sp³-hybridized carbons (Fsp3) is 0.375. The number of rotatable bonds is 3. The molecule has 0 saturated carbocycles. The van der Waals surface area contributed by atoms with Crippen molar-refractivity contribution in [1.29, 1.82) is 0 Å². The lowest BCUT2D eigenvalue weighted by Crippen LogP contribution is -2.17. The Labute approximate surface area is 74.3 Å². The first-order valence-corrected chi connectivity index (χ1v) is 4.50. The Hall–Kier alpha value is -0.870. The second kappa shape index (κ2) is 3.69. The van der Waals surface area contributed by atoms with E-state index < -0.39 is 18.0 Å². The first-order chi connectivity index (χ1) is 5.63. The second-order valence-electron chi connectivity index (χ2n) is 2.63. The number of hydrogen-bond donors (Lipinski definition) is 2. The number of aliphatic carboxylic acids is 1. The van der Waals surface area contributed by atoms with E-state index in [4.69, 9.17) is 5.11 Å². The SMILES string of the molecule is C[C@H](C(=O)O)C(O)c1ccsc1. The number of hydrogen-bond acceptors (Lipinski definition) is 3. The average molecular weight is 186 g/mol. The van der Waals surface area contributed by atoms with Crippen LogP contribution in [0.4, 0.5) is 0 Å². The lowest BCUT2D eigenvalue weighted by molar-refractivity contribution is -0.145. The standard InChI is InChI=1S/C8H10O3S/c1-5(8(10)11)7(9)6-2-3-12-4-6/h2-5,7,9H,1H3,(H,10,11)/t5-,7?/m0/s1. The molecule has 1 rings (SSSR count). The van der Waals surface area contributed by atoms with Crippen molar-refractivity contribution >= 4 is 17.3 Å². The highest BCUT2D eigenvalue weighted by atomic mass is 32.1. The van der Waals surface area contributed by atoms with Gasteiger partial charge < -0.3 is 10.2 Å². The van der Waals surface area contributed by atoms with Crippen molar-refractivity contribution < 1.29 is 15.0 Å². The van der Waals surface area contributed by atoms with Crippen LogP contribution in [0.5, 0.6) is 0 Å². The first kappa shape index (κ1) is 9.22. The van der Waals surface area contributed by atoms with Crippen molar-refractivity contribution in [2.24, 2.45) is 5.92 Å². The van der Waals surface area contributed by atoms with Crippen molar-refractivity contribution in [3.05, 3.63) is 22.4 Å². The first-order valence-electron chi connectivity index (χ1n) is 3.56. The largest absolute Gasteiger partial charge is 0.481 e. The van der Waals surface area contributed by atoms with E-state index >= 15 is 0 Å². The van der Waals surface area contributed by atoms with Gasteiger partial charge in [-0.1, -0.05) is 0 Å². The van der Waals surface area contributed by atoms with Crippen LogP contribution in [0.1, 0.15) is 18.6 Å². The minimum Gasteiger partial charge on any atom is -0.481 e. The van der Waals surface area contributed by atoms with Gasteiger partial charge in [0.15, 0.2) is 0 Å². The molecule has 66 valence electrons. The molecule has 4 heteroatoms. The smallest absolute Gasteiger partial charge is 0.309 e. The number of thiophene rings is 1. The van der Waals surface area contributed by atoms with Gasteiger partial charge in [0.2, 0.25) is 0 Å². The summed E-state index contributed by atoms with van der Waals surface area (Å²) in [5, 5.41) is 21.6. The molecule has 0 spiro atoms. The fourth-order valence-corrected chi connectivity index (χ4v) is 1.56. The van der Waals surface area contributed by atoms with E-state index in [0.29, 0.717) is 5.56 Å². The van der Waals surface area contributed by atoms with Gasteiger partial charge in [0.25, 0.3) is 0 Å². The molecular formula is C8H10O3S. The predicted octanol–water partition coefficient (Wildman–Crippen LogP) is 1.50. The highest BCUT2D eigenvalue weighted by molar-refractivity contribution is 7.07. The highest BCUT2D eigenvalue weighted by Gasteiger charge is 2.22. The van der Waals surface area contributed by atoms with Gasteiger partial charge in [-0.25, -0.2) is 0 Å². The summed E-state index contributed by atoms with van der Waals surface area (Å²) in [6.45, 7) is 1.49. The lowest BCUT2D eigenvalue weighted by Gasteiger charge is -2.12. The van der Waals surface area contributed by atoms with E-state index in [2.05, 4.69) is 0 Å². The van der Waals surface area contributed by atoms with Gasteiger partial charge in [-0.05, 0) is 29.3 Å². The van der Waals surface area contributed by atoms with Crippen LogP contribution in [0.25, 0.3) is 0 Å². The fourth-order valence-electron chi connectivity index (χ4n) is 0.867. The molecule has 1 heterocycles. The number of aliphatic hydroxyl groups is 1. The summed E-state index contributed by atoms with van der Waals surface area (Å²) < 4.78 is 0. The Bertz CT molecular complexity index is 255. The Balaban J connectivity index is 2.71. The molecule has 0 bridgehead atoms. The van der Waals surface area contributed by atoms with Crippen LogP contribution in [0.15, 0.2) is 16.8 Å². The molecule has 0 fully saturated rings. The van der Waals surface area contributed by atoms with E-state index in [1.807, 2.05) is 5.38 Å². The monoisotopic (exact) mass is 186 g/mol. The number of carboxylic acids is 1. The summed E-state index contributed by atoms with van der Waals surface area (Å²) >= 11 is 1.44. The molecule has 0 saturated heterocycles. The van der Waals surface area contributed by atoms with Crippen molar-refractivity contribution in [2.45, 2.75) is 13.0 Å². The topological polar surface area (TPSA) is 57.5 Å². The van der Waals surface area contributed by atoms with E-state index in [0.717, 1.165) is 0 Å². The average Bonchev–Trinajstić information content (AvgIpc) is 2.53. The van der Waals surface area contributed by atoms with Gasteiger partial charge in [-0.3, -0.25) is 4.79 Å². The molecule has 0 aliphatic heterocycles. The van der Waals surface area contributed by atoms with Crippen molar-refractivity contribution in [3.8, 4) is 0 Å². The zero-order chi connectivity index (χ0) is 9.14. The van der Waals surface area contributed by atoms with Crippen LogP contribution in [0, 0.1) is 5.92 Å². The molecule has 2 N–H and O–H groups in total. The number of carboxylic acid groups (broad SMARTS) is 1. The third-order valence-corrected chi connectivity index (χ3v) is 2.45. The maximum Gasteiger partial charge on any atom is 0.309 e. The Kier molecular flexibility index (Phi) is 2.83. The summed E-state index contributed by atoms with van der Waals surface area (Å²) in [5.74, 6) is -1.73. The van der Waals surface area contributed by atoms with Gasteiger partial charge in [0.1, 0.15) is 0 Å². The third-order valence-electron chi connectivity index (χ3n) is 1.75. The van der Waals surface area contributed by atoms with Gasteiger partial charge in [0, 0.05) is 0 Å². The number of aliphatic hydroxyl groups excluding tert-OH is 1. The van der Waals surface area contributed by atoms with Crippen molar-refractivity contribution in [1.82, 2.24) is 0 Å². The molecule has 0 aromatic carbocycles. The molecule has 2 atom stereocenters. The lowest BCUT2D eigenvalue weighted by atomic mass is 10.0. The van der Waals surface area contributed by atoms with Crippen molar-refractivity contribution in [3.63, 3.8) is 0 Å². The van der Waals surface area contributed by atoms with Gasteiger partial charge >= 0.3 is 5.97 Å². The molecule has 0 radical (unpaired) electrons. The molecule has 12 heavy (non-hydrogen) atoms. The van der Waals surface area contributed by atoms with E-state index in [1.165, 1.54) is 18.3 Å². The maximum absolute atomic E-state index is 10.5. The zero-order valence-corrected chi connectivity index (χ0v) is 7.41. The summed E-state index contributed by atoms with van der Waals surface area (Å²) in [4.78, 5) is 10.5. The zero-order valence-electron chi connectivity index (χ0n) is 6.60. The van der Waals surface area contributed by atoms with E-state index in [-0.39, 0.29) is 0 Å². The molecule has 3 nitrogen and oxygen atoms in total. The van der Waals surface area contributed by atoms with Crippen LogP contribution < -0.4 is 0 Å². The minimum absolute atomic E-state index is 0.676. The molecule has 0 aliphatic rings. The third kappa shape index (κ3) is 1.84. The van der Waals surface area contributed by atoms with Crippen LogP contribution in [-0.4, -0.2) is 16.2 Å². The van der Waals surface area contributed by atoms with Gasteiger partial charge in [0.05, 0.1) is 12.0 Å². The van der Waals surface area contributed by atoms with E-state index in [1.54, 1.807) is 11.4 Å². The predicted molar refractivity (Wildman–Crippen MR) is 46.1 cm³/mol. The number of carbonyl (C=O) groups is 1. The molecule has 1 aromatic heterocycles. The Morgan fingerprint density at radius 2 is 2.33 bits per heavy atom. The van der Waals surface area contributed by atoms with Gasteiger partial charge in [-0.15, -0.1) is 0 Å². The summed E-state index contributed by atoms with van der Waals surface area (Å²) in [7, 11) is 0. The minimum atomic E-state index is -0.978. The summed E-state index contributed by atoms with van der Waals surface area (Å²) in [6, 6.07) is 1.73. The summed E-state index contributed by atoms with van der Waals surface area (Å²) in [5.41, 5.74) is 0.676. The molecule has 0 aliphatic carbocycles.